The molecule has 110 valence electrons. The molecule has 0 radical (unpaired) electrons. The third-order valence-corrected chi connectivity index (χ3v) is 5.16. The van der Waals surface area contributed by atoms with Gasteiger partial charge in [0.1, 0.15) is 0 Å². The Labute approximate surface area is 121 Å². The minimum Gasteiger partial charge on any atom is -0.339 e. The topological polar surface area (TPSA) is 35.6 Å². The highest BCUT2D eigenvalue weighted by Crippen LogP contribution is 2.33. The first kappa shape index (κ1) is 13.9. The van der Waals surface area contributed by atoms with Gasteiger partial charge < -0.3 is 10.2 Å². The van der Waals surface area contributed by atoms with E-state index in [-0.39, 0.29) is 6.04 Å². The van der Waals surface area contributed by atoms with Crippen LogP contribution in [0, 0.1) is 18.3 Å². The molecule has 0 spiro atoms. The summed E-state index contributed by atoms with van der Waals surface area (Å²) in [7, 11) is 0. The molecule has 2 aliphatic heterocycles. The fourth-order valence-corrected chi connectivity index (χ4v) is 3.99. The van der Waals surface area contributed by atoms with Crippen LogP contribution in [0.25, 0.3) is 0 Å². The zero-order chi connectivity index (χ0) is 13.9. The standard InChI is InChI=1S/C16H25N3O/c1-2-7-18-8-10-19(11-9-18)16(20)15-12-13-5-3-4-6-14(13)17-15/h1,13-15,17H,3-12H2. The van der Waals surface area contributed by atoms with Gasteiger partial charge in [-0.05, 0) is 25.2 Å². The third-order valence-electron chi connectivity index (χ3n) is 5.16. The third kappa shape index (κ3) is 2.84. The minimum atomic E-state index is 0.0716. The van der Waals surface area contributed by atoms with Crippen LogP contribution < -0.4 is 5.32 Å². The van der Waals surface area contributed by atoms with Crippen LogP contribution in [0.1, 0.15) is 32.1 Å². The molecule has 4 nitrogen and oxygen atoms in total. The largest absolute Gasteiger partial charge is 0.339 e. The van der Waals surface area contributed by atoms with E-state index in [9.17, 15) is 4.79 Å². The maximum atomic E-state index is 12.6. The summed E-state index contributed by atoms with van der Waals surface area (Å²) in [6.07, 6.45) is 11.6. The zero-order valence-corrected chi connectivity index (χ0v) is 12.2. The van der Waals surface area contributed by atoms with Crippen LogP contribution in [-0.4, -0.2) is 60.5 Å². The number of terminal acetylenes is 1. The summed E-state index contributed by atoms with van der Waals surface area (Å²) in [6.45, 7) is 4.18. The molecular formula is C16H25N3O. The number of hydrogen-bond acceptors (Lipinski definition) is 3. The van der Waals surface area contributed by atoms with E-state index in [2.05, 4.69) is 16.1 Å². The van der Waals surface area contributed by atoms with Crippen molar-refractivity contribution in [1.29, 1.82) is 0 Å². The van der Waals surface area contributed by atoms with E-state index in [1.165, 1.54) is 25.7 Å². The SMILES string of the molecule is C#CCN1CCN(C(=O)C2CC3CCCCC3N2)CC1. The van der Waals surface area contributed by atoms with E-state index in [4.69, 9.17) is 6.42 Å². The van der Waals surface area contributed by atoms with Gasteiger partial charge in [0.15, 0.2) is 0 Å². The predicted octanol–water partition coefficient (Wildman–Crippen LogP) is 0.684. The lowest BCUT2D eigenvalue weighted by Gasteiger charge is -2.35. The molecule has 20 heavy (non-hydrogen) atoms. The summed E-state index contributed by atoms with van der Waals surface area (Å²) in [5.74, 6) is 3.74. The summed E-state index contributed by atoms with van der Waals surface area (Å²) in [6, 6.07) is 0.669. The normalized spacial score (nSPS) is 34.5. The van der Waals surface area contributed by atoms with Crippen molar-refractivity contribution in [1.82, 2.24) is 15.1 Å². The van der Waals surface area contributed by atoms with Gasteiger partial charge in [-0.3, -0.25) is 9.69 Å². The lowest BCUT2D eigenvalue weighted by atomic mass is 9.85. The second-order valence-electron chi connectivity index (χ2n) is 6.41. The Balaban J connectivity index is 1.51. The molecule has 0 bridgehead atoms. The van der Waals surface area contributed by atoms with E-state index in [0.29, 0.717) is 18.5 Å². The number of piperazine rings is 1. The van der Waals surface area contributed by atoms with Crippen LogP contribution in [0.3, 0.4) is 0 Å². The van der Waals surface area contributed by atoms with Crippen LogP contribution in [-0.2, 0) is 4.79 Å². The van der Waals surface area contributed by atoms with Gasteiger partial charge in [0.05, 0.1) is 12.6 Å². The molecule has 3 fully saturated rings. The molecule has 0 aromatic rings. The molecule has 2 heterocycles. The van der Waals surface area contributed by atoms with E-state index in [1.807, 2.05) is 4.90 Å². The smallest absolute Gasteiger partial charge is 0.239 e. The van der Waals surface area contributed by atoms with Gasteiger partial charge in [0, 0.05) is 32.2 Å². The van der Waals surface area contributed by atoms with Gasteiger partial charge in [-0.1, -0.05) is 18.8 Å². The molecule has 2 saturated heterocycles. The number of rotatable bonds is 2. The maximum absolute atomic E-state index is 12.6. The van der Waals surface area contributed by atoms with E-state index < -0.39 is 0 Å². The van der Waals surface area contributed by atoms with Gasteiger partial charge >= 0.3 is 0 Å². The van der Waals surface area contributed by atoms with Gasteiger partial charge in [-0.2, -0.15) is 0 Å². The zero-order valence-electron chi connectivity index (χ0n) is 12.2. The minimum absolute atomic E-state index is 0.0716. The van der Waals surface area contributed by atoms with Crippen molar-refractivity contribution in [3.05, 3.63) is 0 Å². The maximum Gasteiger partial charge on any atom is 0.239 e. The van der Waals surface area contributed by atoms with Crippen LogP contribution >= 0.6 is 0 Å². The average Bonchev–Trinajstić information content (AvgIpc) is 2.91. The summed E-state index contributed by atoms with van der Waals surface area (Å²) < 4.78 is 0. The second kappa shape index (κ2) is 6.15. The first-order chi connectivity index (χ1) is 9.78. The van der Waals surface area contributed by atoms with Crippen molar-refractivity contribution >= 4 is 5.91 Å². The van der Waals surface area contributed by atoms with Crippen molar-refractivity contribution < 1.29 is 4.79 Å². The molecule has 1 aliphatic carbocycles. The fraction of sp³-hybridized carbons (Fsp3) is 0.812. The molecule has 3 aliphatic rings. The van der Waals surface area contributed by atoms with Crippen molar-refractivity contribution in [2.75, 3.05) is 32.7 Å². The van der Waals surface area contributed by atoms with E-state index in [0.717, 1.165) is 38.5 Å². The van der Waals surface area contributed by atoms with Gasteiger partial charge in [-0.15, -0.1) is 6.42 Å². The molecule has 0 aromatic heterocycles. The number of fused-ring (bicyclic) bond motifs is 1. The Morgan fingerprint density at radius 2 is 1.95 bits per heavy atom. The summed E-state index contributed by atoms with van der Waals surface area (Å²) in [5, 5.41) is 3.59. The quantitative estimate of drug-likeness (QED) is 0.753. The summed E-state index contributed by atoms with van der Waals surface area (Å²) in [5.41, 5.74) is 0. The first-order valence-electron chi connectivity index (χ1n) is 7.98. The Morgan fingerprint density at radius 1 is 1.20 bits per heavy atom. The molecule has 3 atom stereocenters. The Morgan fingerprint density at radius 3 is 2.65 bits per heavy atom. The van der Waals surface area contributed by atoms with Crippen LogP contribution in [0.2, 0.25) is 0 Å². The summed E-state index contributed by atoms with van der Waals surface area (Å²) >= 11 is 0. The summed E-state index contributed by atoms with van der Waals surface area (Å²) in [4.78, 5) is 16.9. The molecule has 3 rings (SSSR count). The van der Waals surface area contributed by atoms with Crippen molar-refractivity contribution in [2.45, 2.75) is 44.2 Å². The number of amides is 1. The molecule has 1 amide bonds. The van der Waals surface area contributed by atoms with Crippen molar-refractivity contribution in [3.8, 4) is 12.3 Å². The highest BCUT2D eigenvalue weighted by Gasteiger charge is 2.39. The van der Waals surface area contributed by atoms with E-state index in [1.54, 1.807) is 0 Å². The number of carbonyl (C=O) groups excluding carboxylic acids is 1. The van der Waals surface area contributed by atoms with Crippen molar-refractivity contribution in [3.63, 3.8) is 0 Å². The first-order valence-corrected chi connectivity index (χ1v) is 7.98. The fourth-order valence-electron chi connectivity index (χ4n) is 3.99. The molecule has 3 unspecified atom stereocenters. The number of nitrogens with one attached hydrogen (secondary N) is 1. The van der Waals surface area contributed by atoms with Gasteiger partial charge in [-0.25, -0.2) is 0 Å². The molecule has 1 N–H and O–H groups in total. The highest BCUT2D eigenvalue weighted by molar-refractivity contribution is 5.82. The lowest BCUT2D eigenvalue weighted by Crippen LogP contribution is -2.53. The Hall–Kier alpha value is -1.05. The van der Waals surface area contributed by atoms with Crippen molar-refractivity contribution in [2.24, 2.45) is 5.92 Å². The van der Waals surface area contributed by atoms with Gasteiger partial charge in [0.2, 0.25) is 5.91 Å². The number of nitrogens with zero attached hydrogens (tertiary/aromatic N) is 2. The number of hydrogen-bond donors (Lipinski definition) is 1. The van der Waals surface area contributed by atoms with E-state index >= 15 is 0 Å². The molecule has 1 saturated carbocycles. The molecule has 0 aromatic carbocycles. The van der Waals surface area contributed by atoms with Gasteiger partial charge in [0.25, 0.3) is 0 Å². The average molecular weight is 275 g/mol. The van der Waals surface area contributed by atoms with Crippen LogP contribution in [0.5, 0.6) is 0 Å². The number of carbonyl (C=O) groups is 1. The Kier molecular flexibility index (Phi) is 4.28. The lowest BCUT2D eigenvalue weighted by molar-refractivity contribution is -0.134. The Bertz CT molecular complexity index is 381. The molecule has 4 heteroatoms. The predicted molar refractivity (Wildman–Crippen MR) is 79.1 cm³/mol. The monoisotopic (exact) mass is 275 g/mol. The van der Waals surface area contributed by atoms with Crippen LogP contribution in [0.15, 0.2) is 0 Å². The van der Waals surface area contributed by atoms with Crippen LogP contribution in [0.4, 0.5) is 0 Å². The second-order valence-corrected chi connectivity index (χ2v) is 6.41. The highest BCUT2D eigenvalue weighted by atomic mass is 16.2. The molecular weight excluding hydrogens is 250 g/mol.